The van der Waals surface area contributed by atoms with Crippen molar-refractivity contribution in [3.05, 3.63) is 78.2 Å². The van der Waals surface area contributed by atoms with E-state index in [-0.39, 0.29) is 0 Å². The van der Waals surface area contributed by atoms with Gasteiger partial charge < -0.3 is 10.3 Å². The van der Waals surface area contributed by atoms with Gasteiger partial charge in [-0.1, -0.05) is 54.6 Å². The third kappa shape index (κ3) is 2.37. The summed E-state index contributed by atoms with van der Waals surface area (Å²) in [7, 11) is 0. The van der Waals surface area contributed by atoms with Crippen LogP contribution in [0, 0.1) is 0 Å². The summed E-state index contributed by atoms with van der Waals surface area (Å²) >= 11 is 0. The Kier molecular flexibility index (Phi) is 3.49. The fourth-order valence-corrected chi connectivity index (χ4v) is 4.14. The van der Waals surface area contributed by atoms with Gasteiger partial charge in [0.1, 0.15) is 17.8 Å². The molecule has 2 aromatic heterocycles. The Bertz CT molecular complexity index is 1080. The number of aromatic nitrogens is 3. The zero-order valence-electron chi connectivity index (χ0n) is 14.5. The number of nitrogens with zero attached hydrogens (tertiary/aromatic N) is 3. The van der Waals surface area contributed by atoms with Gasteiger partial charge in [0.25, 0.3) is 0 Å². The van der Waals surface area contributed by atoms with E-state index >= 15 is 0 Å². The van der Waals surface area contributed by atoms with E-state index in [1.807, 2.05) is 6.07 Å². The highest BCUT2D eigenvalue weighted by Gasteiger charge is 2.24. The molecule has 4 nitrogen and oxygen atoms in total. The molecule has 0 aliphatic heterocycles. The number of hydrogen-bond acceptors (Lipinski definition) is 3. The van der Waals surface area contributed by atoms with Crippen LogP contribution in [0.25, 0.3) is 22.2 Å². The number of nitrogen functional groups attached to an aromatic ring is 1. The Balaban J connectivity index is 1.67. The molecule has 5 rings (SSSR count). The first-order valence-electron chi connectivity index (χ1n) is 9.04. The van der Waals surface area contributed by atoms with Gasteiger partial charge in [-0.3, -0.25) is 0 Å². The van der Waals surface area contributed by atoms with Crippen LogP contribution in [0.2, 0.25) is 0 Å². The van der Waals surface area contributed by atoms with E-state index in [0.29, 0.717) is 11.9 Å². The molecule has 26 heavy (non-hydrogen) atoms. The molecule has 0 amide bonds. The summed E-state index contributed by atoms with van der Waals surface area (Å²) in [6.45, 7) is 0. The van der Waals surface area contributed by atoms with Gasteiger partial charge in [0.15, 0.2) is 0 Å². The lowest BCUT2D eigenvalue weighted by Gasteiger charge is -2.26. The summed E-state index contributed by atoms with van der Waals surface area (Å²) in [5, 5.41) is 0.956. The summed E-state index contributed by atoms with van der Waals surface area (Å²) in [5.74, 6) is 0.545. The van der Waals surface area contributed by atoms with Crippen molar-refractivity contribution in [1.29, 1.82) is 0 Å². The molecule has 1 aliphatic carbocycles. The second-order valence-corrected chi connectivity index (χ2v) is 6.94. The highest BCUT2D eigenvalue weighted by molar-refractivity contribution is 6.00. The van der Waals surface area contributed by atoms with Gasteiger partial charge >= 0.3 is 0 Å². The van der Waals surface area contributed by atoms with Gasteiger partial charge in [0.2, 0.25) is 0 Å². The molecule has 0 saturated carbocycles. The summed E-state index contributed by atoms with van der Waals surface area (Å²) in [4.78, 5) is 8.83. The van der Waals surface area contributed by atoms with E-state index in [4.69, 9.17) is 5.73 Å². The van der Waals surface area contributed by atoms with E-state index in [0.717, 1.165) is 41.4 Å². The first kappa shape index (κ1) is 15.1. The molecule has 0 spiro atoms. The first-order valence-corrected chi connectivity index (χ1v) is 9.04. The highest BCUT2D eigenvalue weighted by atomic mass is 15.1. The topological polar surface area (TPSA) is 56.7 Å². The fourth-order valence-electron chi connectivity index (χ4n) is 4.14. The molecule has 0 bridgehead atoms. The largest absolute Gasteiger partial charge is 0.383 e. The molecule has 2 heterocycles. The molecule has 1 aliphatic rings. The maximum absolute atomic E-state index is 6.25. The van der Waals surface area contributed by atoms with Gasteiger partial charge in [0, 0.05) is 17.8 Å². The maximum atomic E-state index is 6.25. The SMILES string of the molecule is Nc1ncnc2c1c(-c1ccccc1)cn2C1CCc2ccccc2C1. The zero-order valence-corrected chi connectivity index (χ0v) is 14.5. The normalized spacial score (nSPS) is 16.5. The maximum Gasteiger partial charge on any atom is 0.146 e. The molecule has 2 N–H and O–H groups in total. The Morgan fingerprint density at radius 2 is 1.69 bits per heavy atom. The Morgan fingerprint density at radius 3 is 2.54 bits per heavy atom. The minimum absolute atomic E-state index is 0.388. The number of nitrogens with two attached hydrogens (primary N) is 1. The number of benzene rings is 2. The second-order valence-electron chi connectivity index (χ2n) is 6.94. The molecular weight excluding hydrogens is 320 g/mol. The number of rotatable bonds is 2. The minimum atomic E-state index is 0.388. The van der Waals surface area contributed by atoms with Crippen LogP contribution < -0.4 is 5.73 Å². The smallest absolute Gasteiger partial charge is 0.146 e. The average Bonchev–Trinajstić information content (AvgIpc) is 3.09. The molecule has 2 aromatic carbocycles. The van der Waals surface area contributed by atoms with Crippen LogP contribution in [0.15, 0.2) is 67.1 Å². The molecule has 1 unspecified atom stereocenters. The number of hydrogen-bond donors (Lipinski definition) is 1. The minimum Gasteiger partial charge on any atom is -0.383 e. The Labute approximate surface area is 152 Å². The predicted molar refractivity (Wildman–Crippen MR) is 105 cm³/mol. The van der Waals surface area contributed by atoms with Crippen LogP contribution in [0.1, 0.15) is 23.6 Å². The number of aryl methyl sites for hydroxylation is 1. The zero-order chi connectivity index (χ0) is 17.5. The summed E-state index contributed by atoms with van der Waals surface area (Å²) < 4.78 is 2.31. The van der Waals surface area contributed by atoms with Gasteiger partial charge in [-0.05, 0) is 36.0 Å². The average molecular weight is 340 g/mol. The first-order chi connectivity index (χ1) is 12.8. The van der Waals surface area contributed by atoms with Gasteiger partial charge in [0.05, 0.1) is 5.39 Å². The van der Waals surface area contributed by atoms with E-state index in [2.05, 4.69) is 69.3 Å². The third-order valence-electron chi connectivity index (χ3n) is 5.44. The van der Waals surface area contributed by atoms with Crippen molar-refractivity contribution in [3.8, 4) is 11.1 Å². The predicted octanol–water partition coefficient (Wildman–Crippen LogP) is 4.41. The number of anilines is 1. The van der Waals surface area contributed by atoms with Crippen molar-refractivity contribution in [3.63, 3.8) is 0 Å². The fraction of sp³-hybridized carbons (Fsp3) is 0.182. The third-order valence-corrected chi connectivity index (χ3v) is 5.44. The lowest BCUT2D eigenvalue weighted by molar-refractivity contribution is 0.452. The van der Waals surface area contributed by atoms with Crippen LogP contribution in [-0.4, -0.2) is 14.5 Å². The van der Waals surface area contributed by atoms with Crippen molar-refractivity contribution in [2.75, 3.05) is 5.73 Å². The van der Waals surface area contributed by atoms with Crippen LogP contribution in [0.3, 0.4) is 0 Å². The van der Waals surface area contributed by atoms with Crippen LogP contribution >= 0.6 is 0 Å². The Hall–Kier alpha value is -3.14. The molecule has 128 valence electrons. The Morgan fingerprint density at radius 1 is 0.923 bits per heavy atom. The van der Waals surface area contributed by atoms with Crippen molar-refractivity contribution < 1.29 is 0 Å². The lowest BCUT2D eigenvalue weighted by Crippen LogP contribution is -2.18. The molecule has 4 heteroatoms. The molecule has 0 radical (unpaired) electrons. The van der Waals surface area contributed by atoms with Gasteiger partial charge in [-0.2, -0.15) is 0 Å². The van der Waals surface area contributed by atoms with Crippen LogP contribution in [0.5, 0.6) is 0 Å². The second kappa shape index (κ2) is 5.99. The van der Waals surface area contributed by atoms with E-state index < -0.39 is 0 Å². The van der Waals surface area contributed by atoms with Crippen molar-refractivity contribution in [2.24, 2.45) is 0 Å². The quantitative estimate of drug-likeness (QED) is 0.588. The van der Waals surface area contributed by atoms with Gasteiger partial charge in [-0.25, -0.2) is 9.97 Å². The summed E-state index contributed by atoms with van der Waals surface area (Å²) in [6.07, 6.45) is 7.02. The molecule has 0 fully saturated rings. The van der Waals surface area contributed by atoms with E-state index in [1.165, 1.54) is 11.1 Å². The highest BCUT2D eigenvalue weighted by Crippen LogP contribution is 2.37. The van der Waals surface area contributed by atoms with Crippen LogP contribution in [-0.2, 0) is 12.8 Å². The molecule has 1 atom stereocenters. The summed E-state index contributed by atoms with van der Waals surface area (Å²) in [5.41, 5.74) is 12.3. The van der Waals surface area contributed by atoms with E-state index in [9.17, 15) is 0 Å². The van der Waals surface area contributed by atoms with Gasteiger partial charge in [-0.15, -0.1) is 0 Å². The molecule has 0 saturated heterocycles. The van der Waals surface area contributed by atoms with Crippen molar-refractivity contribution in [2.45, 2.75) is 25.3 Å². The van der Waals surface area contributed by atoms with Crippen molar-refractivity contribution >= 4 is 16.9 Å². The monoisotopic (exact) mass is 340 g/mol. The van der Waals surface area contributed by atoms with Crippen LogP contribution in [0.4, 0.5) is 5.82 Å². The lowest BCUT2D eigenvalue weighted by atomic mass is 9.88. The molecule has 4 aromatic rings. The van der Waals surface area contributed by atoms with E-state index in [1.54, 1.807) is 6.33 Å². The molecular formula is C22H20N4. The van der Waals surface area contributed by atoms with Crippen molar-refractivity contribution in [1.82, 2.24) is 14.5 Å². The standard InChI is InChI=1S/C22H20N4/c23-21-20-19(16-7-2-1-3-8-16)13-26(22(20)25-14-24-21)18-11-10-15-6-4-5-9-17(15)12-18/h1-9,13-14,18H,10-12H2,(H2,23,24,25). The summed E-state index contributed by atoms with van der Waals surface area (Å²) in [6, 6.07) is 19.5. The number of fused-ring (bicyclic) bond motifs is 2.